The Kier molecular flexibility index (Phi) is 4.86. The Morgan fingerprint density at radius 3 is 3.00 bits per heavy atom. The highest BCUT2D eigenvalue weighted by molar-refractivity contribution is 7.13. The van der Waals surface area contributed by atoms with Crippen LogP contribution in [0.1, 0.15) is 49.9 Å². The van der Waals surface area contributed by atoms with Crippen molar-refractivity contribution in [3.63, 3.8) is 0 Å². The largest absolute Gasteiger partial charge is 0.470 e. The van der Waals surface area contributed by atoms with Crippen LogP contribution in [-0.4, -0.2) is 27.0 Å². The van der Waals surface area contributed by atoms with E-state index < -0.39 is 0 Å². The SMILES string of the molecule is CCOc1ncc([C@@H](C)NC(=O)C2CC2c2nc3ccccc3n2CC)s1. The van der Waals surface area contributed by atoms with Crippen molar-refractivity contribution in [2.45, 2.75) is 45.7 Å². The van der Waals surface area contributed by atoms with Crippen LogP contribution >= 0.6 is 11.3 Å². The number of rotatable bonds is 7. The predicted molar refractivity (Wildman–Crippen MR) is 106 cm³/mol. The first-order chi connectivity index (χ1) is 13.1. The molecule has 1 aliphatic carbocycles. The van der Waals surface area contributed by atoms with Gasteiger partial charge >= 0.3 is 0 Å². The lowest BCUT2D eigenvalue weighted by atomic mass is 10.2. The molecule has 1 fully saturated rings. The number of thiazole rings is 1. The Bertz CT molecular complexity index is 964. The number of imidazole rings is 1. The topological polar surface area (TPSA) is 69.0 Å². The van der Waals surface area contributed by atoms with Gasteiger partial charge in [-0.3, -0.25) is 4.79 Å². The summed E-state index contributed by atoms with van der Waals surface area (Å²) in [6.07, 6.45) is 2.64. The maximum absolute atomic E-state index is 12.7. The number of hydrogen-bond acceptors (Lipinski definition) is 5. The Morgan fingerprint density at radius 2 is 2.22 bits per heavy atom. The van der Waals surface area contributed by atoms with Crippen LogP contribution in [0.15, 0.2) is 30.5 Å². The average molecular weight is 385 g/mol. The number of para-hydroxylation sites is 2. The highest BCUT2D eigenvalue weighted by atomic mass is 32.1. The number of aryl methyl sites for hydroxylation is 1. The molecule has 3 aromatic rings. The van der Waals surface area contributed by atoms with Gasteiger partial charge < -0.3 is 14.6 Å². The number of nitrogens with zero attached hydrogens (tertiary/aromatic N) is 3. The second-order valence-corrected chi connectivity index (χ2v) is 7.87. The zero-order valence-corrected chi connectivity index (χ0v) is 16.6. The van der Waals surface area contributed by atoms with E-state index in [1.165, 1.54) is 11.3 Å². The van der Waals surface area contributed by atoms with Gasteiger partial charge in [0.15, 0.2) is 0 Å². The summed E-state index contributed by atoms with van der Waals surface area (Å²) in [6, 6.07) is 8.09. The van der Waals surface area contributed by atoms with Crippen LogP contribution in [-0.2, 0) is 11.3 Å². The molecule has 27 heavy (non-hydrogen) atoms. The van der Waals surface area contributed by atoms with Crippen molar-refractivity contribution in [1.82, 2.24) is 19.9 Å². The zero-order chi connectivity index (χ0) is 19.0. The standard InChI is InChI=1S/C20H24N4O2S/c1-4-24-16-9-7-6-8-15(16)23-18(24)13-10-14(13)19(25)22-12(3)17-11-21-20(27-17)26-5-2/h6-9,11-14H,4-5,10H2,1-3H3,(H,22,25)/t12-,13?,14?/m1/s1. The van der Waals surface area contributed by atoms with Crippen molar-refractivity contribution >= 4 is 28.3 Å². The van der Waals surface area contributed by atoms with Crippen LogP contribution < -0.4 is 10.1 Å². The van der Waals surface area contributed by atoms with Gasteiger partial charge in [0.1, 0.15) is 5.82 Å². The third-order valence-corrected chi connectivity index (χ3v) is 6.11. The van der Waals surface area contributed by atoms with Gasteiger partial charge in [-0.25, -0.2) is 9.97 Å². The minimum atomic E-state index is -0.0737. The van der Waals surface area contributed by atoms with Gasteiger partial charge in [-0.15, -0.1) is 0 Å². The van der Waals surface area contributed by atoms with E-state index in [1.807, 2.05) is 32.0 Å². The Hall–Kier alpha value is -2.41. The molecule has 2 aromatic heterocycles. The molecule has 6 nitrogen and oxygen atoms in total. The fraction of sp³-hybridized carbons (Fsp3) is 0.450. The molecule has 4 rings (SSSR count). The minimum absolute atomic E-state index is 0.00570. The van der Waals surface area contributed by atoms with Crippen molar-refractivity contribution < 1.29 is 9.53 Å². The average Bonchev–Trinajstić information content (AvgIpc) is 3.17. The van der Waals surface area contributed by atoms with E-state index in [9.17, 15) is 4.79 Å². The predicted octanol–water partition coefficient (Wildman–Crippen LogP) is 3.89. The number of carbonyl (C=O) groups is 1. The minimum Gasteiger partial charge on any atom is -0.470 e. The molecule has 3 atom stereocenters. The van der Waals surface area contributed by atoms with E-state index in [2.05, 4.69) is 27.9 Å². The van der Waals surface area contributed by atoms with Crippen molar-refractivity contribution in [2.75, 3.05) is 6.61 Å². The second-order valence-electron chi connectivity index (χ2n) is 6.84. The van der Waals surface area contributed by atoms with E-state index in [4.69, 9.17) is 9.72 Å². The normalized spacial score (nSPS) is 19.8. The van der Waals surface area contributed by atoms with Gasteiger partial charge in [-0.2, -0.15) is 0 Å². The molecule has 7 heteroatoms. The van der Waals surface area contributed by atoms with Gasteiger partial charge in [-0.1, -0.05) is 23.5 Å². The molecular weight excluding hydrogens is 360 g/mol. The molecule has 0 aliphatic heterocycles. The number of aromatic nitrogens is 3. The Balaban J connectivity index is 1.44. The molecule has 0 spiro atoms. The maximum atomic E-state index is 12.7. The van der Waals surface area contributed by atoms with Crippen LogP contribution in [0, 0.1) is 5.92 Å². The van der Waals surface area contributed by atoms with Crippen LogP contribution in [0.2, 0.25) is 0 Å². The Labute approximate surface area is 162 Å². The van der Waals surface area contributed by atoms with Crippen molar-refractivity contribution in [2.24, 2.45) is 5.92 Å². The van der Waals surface area contributed by atoms with Crippen molar-refractivity contribution in [3.05, 3.63) is 41.2 Å². The lowest BCUT2D eigenvalue weighted by Crippen LogP contribution is -2.28. The first-order valence-corrected chi connectivity index (χ1v) is 10.3. The van der Waals surface area contributed by atoms with E-state index in [1.54, 1.807) is 6.20 Å². The highest BCUT2D eigenvalue weighted by Crippen LogP contribution is 2.48. The number of fused-ring (bicyclic) bond motifs is 1. The number of nitrogens with one attached hydrogen (secondary N) is 1. The molecule has 0 radical (unpaired) electrons. The van der Waals surface area contributed by atoms with Crippen LogP contribution in [0.3, 0.4) is 0 Å². The summed E-state index contributed by atoms with van der Waals surface area (Å²) in [7, 11) is 0. The molecule has 2 unspecified atom stereocenters. The molecule has 1 saturated carbocycles. The van der Waals surface area contributed by atoms with E-state index in [0.717, 1.165) is 34.7 Å². The smallest absolute Gasteiger partial charge is 0.273 e. The summed E-state index contributed by atoms with van der Waals surface area (Å²) < 4.78 is 7.64. The number of amides is 1. The summed E-state index contributed by atoms with van der Waals surface area (Å²) in [4.78, 5) is 22.8. The molecule has 1 aromatic carbocycles. The van der Waals surface area contributed by atoms with Crippen molar-refractivity contribution in [1.29, 1.82) is 0 Å². The molecule has 1 aliphatic rings. The molecule has 0 bridgehead atoms. The van der Waals surface area contributed by atoms with Crippen LogP contribution in [0.4, 0.5) is 0 Å². The Morgan fingerprint density at radius 1 is 1.41 bits per heavy atom. The molecule has 0 saturated heterocycles. The summed E-state index contributed by atoms with van der Waals surface area (Å²) in [5.41, 5.74) is 2.14. The quantitative estimate of drug-likeness (QED) is 0.671. The monoisotopic (exact) mass is 384 g/mol. The second kappa shape index (κ2) is 7.31. The maximum Gasteiger partial charge on any atom is 0.273 e. The number of benzene rings is 1. The van der Waals surface area contributed by atoms with E-state index >= 15 is 0 Å². The third-order valence-electron chi connectivity index (χ3n) is 5.01. The van der Waals surface area contributed by atoms with Gasteiger partial charge in [0.05, 0.1) is 28.6 Å². The number of carbonyl (C=O) groups excluding carboxylic acids is 1. The van der Waals surface area contributed by atoms with Crippen LogP contribution in [0.5, 0.6) is 5.19 Å². The van der Waals surface area contributed by atoms with Gasteiger partial charge in [-0.05, 0) is 39.3 Å². The van der Waals surface area contributed by atoms with Gasteiger partial charge in [0.2, 0.25) is 5.91 Å². The lowest BCUT2D eigenvalue weighted by molar-refractivity contribution is -0.123. The number of hydrogen-bond donors (Lipinski definition) is 1. The first kappa shape index (κ1) is 18.0. The molecular formula is C20H24N4O2S. The van der Waals surface area contributed by atoms with Gasteiger partial charge in [0.25, 0.3) is 5.19 Å². The molecule has 1 amide bonds. The molecule has 2 heterocycles. The van der Waals surface area contributed by atoms with Crippen molar-refractivity contribution in [3.8, 4) is 5.19 Å². The number of ether oxygens (including phenoxy) is 1. The molecule has 1 N–H and O–H groups in total. The summed E-state index contributed by atoms with van der Waals surface area (Å²) >= 11 is 1.48. The highest BCUT2D eigenvalue weighted by Gasteiger charge is 2.47. The van der Waals surface area contributed by atoms with E-state index in [-0.39, 0.29) is 23.8 Å². The summed E-state index contributed by atoms with van der Waals surface area (Å²) in [5.74, 6) is 1.32. The van der Waals surface area contributed by atoms with Crippen LogP contribution in [0.25, 0.3) is 11.0 Å². The zero-order valence-electron chi connectivity index (χ0n) is 15.8. The van der Waals surface area contributed by atoms with Gasteiger partial charge in [0, 0.05) is 24.6 Å². The molecule has 142 valence electrons. The lowest BCUT2D eigenvalue weighted by Gasteiger charge is -2.12. The summed E-state index contributed by atoms with van der Waals surface area (Å²) in [6.45, 7) is 7.49. The fourth-order valence-corrected chi connectivity index (χ4v) is 4.36. The third kappa shape index (κ3) is 3.43. The summed E-state index contributed by atoms with van der Waals surface area (Å²) in [5, 5.41) is 3.77. The fourth-order valence-electron chi connectivity index (χ4n) is 3.53. The van der Waals surface area contributed by atoms with E-state index in [0.29, 0.717) is 11.8 Å². The first-order valence-electron chi connectivity index (χ1n) is 9.46.